The predicted molar refractivity (Wildman–Crippen MR) is 105 cm³/mol. The van der Waals surface area contributed by atoms with Gasteiger partial charge in [0.1, 0.15) is 12.0 Å². The lowest BCUT2D eigenvalue weighted by molar-refractivity contribution is -0.108. The number of nitrogens with one attached hydrogen (secondary N) is 2. The second-order valence-corrected chi connectivity index (χ2v) is 6.94. The Labute approximate surface area is 167 Å². The molecule has 1 atom stereocenters. The van der Waals surface area contributed by atoms with Crippen molar-refractivity contribution in [2.24, 2.45) is 0 Å². The van der Waals surface area contributed by atoms with E-state index in [1.807, 2.05) is 11.4 Å². The molecule has 0 unspecified atom stereocenters. The highest BCUT2D eigenvalue weighted by atomic mass is 16.5. The minimum absolute atomic E-state index is 0.0972. The smallest absolute Gasteiger partial charge is 0.321 e. The molecule has 0 saturated carbocycles. The van der Waals surface area contributed by atoms with Gasteiger partial charge in [0.15, 0.2) is 0 Å². The van der Waals surface area contributed by atoms with Crippen LogP contribution in [0.3, 0.4) is 0 Å². The third-order valence-electron chi connectivity index (χ3n) is 4.96. The summed E-state index contributed by atoms with van der Waals surface area (Å²) in [6.07, 6.45) is 0.961. The molecule has 1 heterocycles. The Morgan fingerprint density at radius 1 is 1.24 bits per heavy atom. The van der Waals surface area contributed by atoms with Crippen LogP contribution in [-0.4, -0.2) is 43.2 Å². The Hall–Kier alpha value is -3.68. The monoisotopic (exact) mass is 395 g/mol. The molecule has 150 valence electrons. The number of fused-ring (bicyclic) bond motifs is 1. The van der Waals surface area contributed by atoms with Crippen molar-refractivity contribution in [3.8, 4) is 5.75 Å². The van der Waals surface area contributed by atoms with E-state index in [0.29, 0.717) is 35.3 Å². The van der Waals surface area contributed by atoms with Crippen molar-refractivity contribution in [1.82, 2.24) is 15.5 Å². The molecule has 2 aromatic rings. The van der Waals surface area contributed by atoms with E-state index in [1.165, 1.54) is 7.11 Å². The van der Waals surface area contributed by atoms with Crippen molar-refractivity contribution in [3.63, 3.8) is 0 Å². The molecule has 2 N–H and O–H groups in total. The molecular formula is C21H21N3O5. The van der Waals surface area contributed by atoms with Crippen LogP contribution in [0.15, 0.2) is 42.5 Å². The zero-order chi connectivity index (χ0) is 21.0. The number of benzene rings is 2. The summed E-state index contributed by atoms with van der Waals surface area (Å²) in [5.74, 6) is 0.378. The number of hydrogen-bond donors (Lipinski definition) is 2. The van der Waals surface area contributed by atoms with Crippen LogP contribution in [0.2, 0.25) is 0 Å². The molecule has 1 aliphatic rings. The maximum Gasteiger partial charge on any atom is 0.321 e. The molecule has 0 aromatic heterocycles. The number of carbonyl (C=O) groups is 4. The predicted octanol–water partition coefficient (Wildman–Crippen LogP) is 1.83. The fourth-order valence-corrected chi connectivity index (χ4v) is 3.61. The van der Waals surface area contributed by atoms with Crippen LogP contribution in [0.1, 0.15) is 38.8 Å². The number of urea groups is 1. The molecule has 1 aliphatic heterocycles. The lowest BCUT2D eigenvalue weighted by Crippen LogP contribution is -2.54. The van der Waals surface area contributed by atoms with Crippen molar-refractivity contribution < 1.29 is 23.9 Å². The molecule has 8 nitrogen and oxygen atoms in total. The molecule has 8 heteroatoms. The second-order valence-electron chi connectivity index (χ2n) is 6.94. The molecule has 0 radical (unpaired) electrons. The van der Waals surface area contributed by atoms with E-state index >= 15 is 0 Å². The molecule has 0 bridgehead atoms. The van der Waals surface area contributed by atoms with Crippen LogP contribution in [0.4, 0.5) is 4.79 Å². The number of imide groups is 1. The van der Waals surface area contributed by atoms with Crippen molar-refractivity contribution in [2.45, 2.75) is 19.0 Å². The van der Waals surface area contributed by atoms with Crippen molar-refractivity contribution in [1.29, 1.82) is 0 Å². The summed E-state index contributed by atoms with van der Waals surface area (Å²) in [4.78, 5) is 48.9. The summed E-state index contributed by atoms with van der Waals surface area (Å²) >= 11 is 0. The number of nitrogens with zero attached hydrogens (tertiary/aromatic N) is 1. The number of carbonyl (C=O) groups excluding carboxylic acids is 4. The fourth-order valence-electron chi connectivity index (χ4n) is 3.61. The van der Waals surface area contributed by atoms with Crippen LogP contribution in [0.5, 0.6) is 5.75 Å². The van der Waals surface area contributed by atoms with Gasteiger partial charge in [-0.05, 0) is 30.2 Å². The minimum Gasteiger partial charge on any atom is -0.497 e. The standard InChI is InChI=1S/C21H21N3O5/c1-21(23-20(28)22-13-26,18-6-4-3-5-15(18)11-25)12-24-10-14-7-8-16(29-2)9-17(14)19(24)27/h3-9,11,13H,10,12H2,1-2H3,(H2,22,23,26,28)/t21-/m0/s1. The average Bonchev–Trinajstić information content (AvgIpc) is 3.02. The zero-order valence-electron chi connectivity index (χ0n) is 16.1. The van der Waals surface area contributed by atoms with E-state index in [4.69, 9.17) is 4.74 Å². The lowest BCUT2D eigenvalue weighted by atomic mass is 9.87. The van der Waals surface area contributed by atoms with E-state index in [9.17, 15) is 19.2 Å². The fraction of sp³-hybridized carbons (Fsp3) is 0.238. The van der Waals surface area contributed by atoms with Gasteiger partial charge in [0.05, 0.1) is 12.6 Å². The van der Waals surface area contributed by atoms with E-state index in [2.05, 4.69) is 5.32 Å². The van der Waals surface area contributed by atoms with Gasteiger partial charge < -0.3 is 15.0 Å². The van der Waals surface area contributed by atoms with Crippen LogP contribution < -0.4 is 15.4 Å². The van der Waals surface area contributed by atoms with Crippen LogP contribution in [0, 0.1) is 0 Å². The quantitative estimate of drug-likeness (QED) is 0.696. The summed E-state index contributed by atoms with van der Waals surface area (Å²) < 4.78 is 5.20. The van der Waals surface area contributed by atoms with Gasteiger partial charge in [-0.1, -0.05) is 30.3 Å². The summed E-state index contributed by atoms with van der Waals surface area (Å²) in [6, 6.07) is 11.4. The highest BCUT2D eigenvalue weighted by molar-refractivity contribution is 5.99. The number of amides is 4. The zero-order valence-corrected chi connectivity index (χ0v) is 16.1. The molecule has 2 aromatic carbocycles. The van der Waals surface area contributed by atoms with Gasteiger partial charge in [-0.2, -0.15) is 0 Å². The Bertz CT molecular complexity index is 975. The number of rotatable bonds is 7. The maximum atomic E-state index is 13.0. The Morgan fingerprint density at radius 2 is 2.00 bits per heavy atom. The van der Waals surface area contributed by atoms with E-state index in [0.717, 1.165) is 5.56 Å². The molecule has 0 aliphatic carbocycles. The number of hydrogen-bond acceptors (Lipinski definition) is 5. The van der Waals surface area contributed by atoms with Crippen molar-refractivity contribution in [2.75, 3.05) is 13.7 Å². The Morgan fingerprint density at radius 3 is 2.69 bits per heavy atom. The van der Waals surface area contributed by atoms with E-state index < -0.39 is 11.6 Å². The summed E-state index contributed by atoms with van der Waals surface area (Å²) in [5, 5.41) is 4.76. The van der Waals surface area contributed by atoms with Gasteiger partial charge in [-0.3, -0.25) is 19.7 Å². The number of methoxy groups -OCH3 is 1. The molecule has 0 fully saturated rings. The molecule has 0 spiro atoms. The minimum atomic E-state index is -1.12. The Balaban J connectivity index is 1.95. The first-order valence-electron chi connectivity index (χ1n) is 8.95. The largest absolute Gasteiger partial charge is 0.497 e. The van der Waals surface area contributed by atoms with E-state index in [-0.39, 0.29) is 18.9 Å². The average molecular weight is 395 g/mol. The lowest BCUT2D eigenvalue weighted by Gasteiger charge is -2.35. The van der Waals surface area contributed by atoms with Crippen molar-refractivity contribution >= 4 is 24.6 Å². The normalized spacial score (nSPS) is 14.6. The third-order valence-corrected chi connectivity index (χ3v) is 4.96. The summed E-state index contributed by atoms with van der Waals surface area (Å²) in [7, 11) is 1.53. The molecule has 4 amide bonds. The van der Waals surface area contributed by atoms with Gasteiger partial charge in [-0.15, -0.1) is 0 Å². The molecule has 3 rings (SSSR count). The second kappa shape index (κ2) is 8.14. The maximum absolute atomic E-state index is 13.0. The molecule has 29 heavy (non-hydrogen) atoms. The van der Waals surface area contributed by atoms with Gasteiger partial charge in [0, 0.05) is 24.2 Å². The van der Waals surface area contributed by atoms with Gasteiger partial charge in [0.25, 0.3) is 5.91 Å². The van der Waals surface area contributed by atoms with Gasteiger partial charge in [-0.25, -0.2) is 4.79 Å². The summed E-state index contributed by atoms with van der Waals surface area (Å²) in [6.45, 7) is 2.16. The number of aldehydes is 1. The highest BCUT2D eigenvalue weighted by Crippen LogP contribution is 2.31. The van der Waals surface area contributed by atoms with Crippen LogP contribution in [0.25, 0.3) is 0 Å². The Kier molecular flexibility index (Phi) is 5.63. The molecule has 0 saturated heterocycles. The van der Waals surface area contributed by atoms with E-state index in [1.54, 1.807) is 48.2 Å². The topological polar surface area (TPSA) is 105 Å². The van der Waals surface area contributed by atoms with Crippen LogP contribution >= 0.6 is 0 Å². The molecular weight excluding hydrogens is 374 g/mol. The SMILES string of the molecule is COc1ccc2c(c1)C(=O)N(C[C@](C)(NC(=O)NC=O)c1ccccc1C=O)C2. The first kappa shape index (κ1) is 20.1. The first-order chi connectivity index (χ1) is 13.9. The highest BCUT2D eigenvalue weighted by Gasteiger charge is 2.37. The summed E-state index contributed by atoms with van der Waals surface area (Å²) in [5.41, 5.74) is 1.18. The van der Waals surface area contributed by atoms with Crippen LogP contribution in [-0.2, 0) is 16.9 Å². The third kappa shape index (κ3) is 3.96. The number of ether oxygens (including phenoxy) is 1. The van der Waals surface area contributed by atoms with Gasteiger partial charge >= 0.3 is 6.03 Å². The van der Waals surface area contributed by atoms with Crippen molar-refractivity contribution in [3.05, 3.63) is 64.7 Å². The first-order valence-corrected chi connectivity index (χ1v) is 8.95. The van der Waals surface area contributed by atoms with Gasteiger partial charge in [0.2, 0.25) is 6.41 Å².